The molecule has 0 unspecified atom stereocenters. The van der Waals surface area contributed by atoms with Crippen LogP contribution in [-0.2, 0) is 0 Å². The average molecular weight is 269 g/mol. The normalized spacial score (nSPS) is 10.9. The molecule has 1 heterocycles. The zero-order valence-corrected chi connectivity index (χ0v) is 11.4. The van der Waals surface area contributed by atoms with E-state index in [0.717, 1.165) is 33.5 Å². The van der Waals surface area contributed by atoms with Crippen LogP contribution in [0.4, 0.5) is 0 Å². The fourth-order valence-electron chi connectivity index (χ4n) is 2.48. The molecule has 1 radical (unpaired) electrons. The number of hydrogen-bond acceptors (Lipinski definition) is 1. The predicted octanol–water partition coefficient (Wildman–Crippen LogP) is 4.70. The summed E-state index contributed by atoms with van der Waals surface area (Å²) in [4.78, 5) is 8.05. The lowest BCUT2D eigenvalue weighted by Gasteiger charge is -1.99. The summed E-state index contributed by atoms with van der Waals surface area (Å²) in [5, 5.41) is 0. The van der Waals surface area contributed by atoms with Crippen LogP contribution in [0.15, 0.2) is 72.8 Å². The number of H-pyrrole nitrogens is 1. The number of aromatic nitrogens is 2. The number of hydrogen-bond donors (Lipinski definition) is 1. The number of nitrogens with zero attached hydrogens (tertiary/aromatic N) is 1. The minimum absolute atomic E-state index is 0.903. The van der Waals surface area contributed by atoms with E-state index in [0.29, 0.717) is 0 Å². The molecular weight excluding hydrogens is 256 g/mol. The van der Waals surface area contributed by atoms with E-state index >= 15 is 0 Å². The second-order valence-electron chi connectivity index (χ2n) is 4.96. The van der Waals surface area contributed by atoms with Crippen molar-refractivity contribution in [2.24, 2.45) is 0 Å². The maximum atomic E-state index is 4.65. The Morgan fingerprint density at radius 3 is 2.48 bits per heavy atom. The number of imidazole rings is 1. The van der Waals surface area contributed by atoms with Crippen LogP contribution < -0.4 is 0 Å². The molecule has 0 saturated carbocycles. The smallest absolute Gasteiger partial charge is 0.138 e. The van der Waals surface area contributed by atoms with Crippen molar-refractivity contribution in [3.05, 3.63) is 78.9 Å². The highest BCUT2D eigenvalue weighted by Gasteiger charge is 2.06. The molecule has 0 spiro atoms. The van der Waals surface area contributed by atoms with Crippen molar-refractivity contribution in [1.82, 2.24) is 9.97 Å². The second-order valence-corrected chi connectivity index (χ2v) is 4.96. The van der Waals surface area contributed by atoms with Crippen LogP contribution in [-0.4, -0.2) is 9.97 Å². The lowest BCUT2D eigenvalue weighted by atomic mass is 10.1. The van der Waals surface area contributed by atoms with Crippen molar-refractivity contribution < 1.29 is 0 Å². The first-order chi connectivity index (χ1) is 10.4. The molecular formula is C19H13N2. The lowest BCUT2D eigenvalue weighted by Crippen LogP contribution is -1.78. The maximum Gasteiger partial charge on any atom is 0.138 e. The Labute approximate surface area is 123 Å². The molecule has 3 aromatic carbocycles. The van der Waals surface area contributed by atoms with E-state index in [1.807, 2.05) is 36.4 Å². The lowest BCUT2D eigenvalue weighted by molar-refractivity contribution is 1.34. The molecule has 1 aromatic heterocycles. The number of aromatic amines is 1. The Balaban J connectivity index is 1.82. The Hall–Kier alpha value is -2.87. The number of benzene rings is 3. The standard InChI is InChI=1S/C19H13N2/c1-3-7-14(8-4-1)16-11-12-17-18(13-16)21-19(20-17)15-9-5-2-6-10-15/h1-7,9-13H,(H,20,21). The summed E-state index contributed by atoms with van der Waals surface area (Å²) in [6.45, 7) is 0. The Morgan fingerprint density at radius 2 is 1.67 bits per heavy atom. The van der Waals surface area contributed by atoms with Gasteiger partial charge in [0.25, 0.3) is 0 Å². The largest absolute Gasteiger partial charge is 0.338 e. The molecule has 4 aromatic rings. The predicted molar refractivity (Wildman–Crippen MR) is 85.8 cm³/mol. The minimum Gasteiger partial charge on any atom is -0.338 e. The van der Waals surface area contributed by atoms with Crippen molar-refractivity contribution >= 4 is 11.0 Å². The molecule has 0 atom stereocenters. The van der Waals surface area contributed by atoms with Gasteiger partial charge in [-0.05, 0) is 29.3 Å². The molecule has 0 fully saturated rings. The molecule has 2 nitrogen and oxygen atoms in total. The molecule has 0 aliphatic rings. The topological polar surface area (TPSA) is 28.7 Å². The summed E-state index contributed by atoms with van der Waals surface area (Å²) in [5.41, 5.74) is 5.36. The van der Waals surface area contributed by atoms with Gasteiger partial charge in [-0.15, -0.1) is 0 Å². The maximum absolute atomic E-state index is 4.65. The highest BCUT2D eigenvalue weighted by atomic mass is 14.9. The first-order valence-electron chi connectivity index (χ1n) is 6.92. The minimum atomic E-state index is 0.903. The second kappa shape index (κ2) is 4.91. The van der Waals surface area contributed by atoms with Gasteiger partial charge in [-0.25, -0.2) is 4.98 Å². The van der Waals surface area contributed by atoms with Crippen LogP contribution in [0.3, 0.4) is 0 Å². The third-order valence-corrected chi connectivity index (χ3v) is 3.55. The Morgan fingerprint density at radius 1 is 0.810 bits per heavy atom. The molecule has 0 saturated heterocycles. The van der Waals surface area contributed by atoms with Gasteiger partial charge in [0.05, 0.1) is 11.0 Å². The summed E-state index contributed by atoms with van der Waals surface area (Å²) in [7, 11) is 0. The van der Waals surface area contributed by atoms with E-state index < -0.39 is 0 Å². The molecule has 0 aliphatic heterocycles. The van der Waals surface area contributed by atoms with Gasteiger partial charge < -0.3 is 4.98 Å². The van der Waals surface area contributed by atoms with E-state index in [1.165, 1.54) is 0 Å². The van der Waals surface area contributed by atoms with Gasteiger partial charge in [-0.3, -0.25) is 0 Å². The van der Waals surface area contributed by atoms with Crippen molar-refractivity contribution in [3.8, 4) is 22.5 Å². The van der Waals surface area contributed by atoms with Crippen LogP contribution >= 0.6 is 0 Å². The van der Waals surface area contributed by atoms with E-state index in [-0.39, 0.29) is 0 Å². The first kappa shape index (κ1) is 11.9. The molecule has 4 rings (SSSR count). The van der Waals surface area contributed by atoms with Gasteiger partial charge in [0.2, 0.25) is 0 Å². The summed E-state index contributed by atoms with van der Waals surface area (Å²) >= 11 is 0. The molecule has 0 aliphatic carbocycles. The van der Waals surface area contributed by atoms with Gasteiger partial charge in [0, 0.05) is 5.56 Å². The highest BCUT2D eigenvalue weighted by Crippen LogP contribution is 2.25. The molecule has 1 N–H and O–H groups in total. The van der Waals surface area contributed by atoms with Crippen LogP contribution in [0.1, 0.15) is 0 Å². The van der Waals surface area contributed by atoms with Crippen molar-refractivity contribution in [1.29, 1.82) is 0 Å². The molecule has 0 amide bonds. The van der Waals surface area contributed by atoms with E-state index in [2.05, 4.69) is 52.4 Å². The summed E-state index contributed by atoms with van der Waals surface area (Å²) in [5.74, 6) is 0.903. The van der Waals surface area contributed by atoms with Crippen LogP contribution in [0, 0.1) is 6.07 Å². The number of rotatable bonds is 2. The van der Waals surface area contributed by atoms with Gasteiger partial charge in [-0.1, -0.05) is 60.7 Å². The summed E-state index contributed by atoms with van der Waals surface area (Å²) < 4.78 is 0. The van der Waals surface area contributed by atoms with Gasteiger partial charge in [-0.2, -0.15) is 0 Å². The van der Waals surface area contributed by atoms with Crippen LogP contribution in [0.2, 0.25) is 0 Å². The third kappa shape index (κ3) is 2.21. The Bertz CT molecular complexity index is 840. The average Bonchev–Trinajstić information content (AvgIpc) is 2.99. The molecule has 2 heteroatoms. The fraction of sp³-hybridized carbons (Fsp3) is 0. The van der Waals surface area contributed by atoms with Crippen LogP contribution in [0.25, 0.3) is 33.5 Å². The molecule has 0 bridgehead atoms. The zero-order valence-electron chi connectivity index (χ0n) is 11.4. The number of fused-ring (bicyclic) bond motifs is 1. The van der Waals surface area contributed by atoms with Crippen LogP contribution in [0.5, 0.6) is 0 Å². The van der Waals surface area contributed by atoms with Gasteiger partial charge in [0.15, 0.2) is 0 Å². The molecule has 21 heavy (non-hydrogen) atoms. The molecule has 99 valence electrons. The number of nitrogens with one attached hydrogen (secondary N) is 1. The van der Waals surface area contributed by atoms with Crippen molar-refractivity contribution in [2.45, 2.75) is 0 Å². The van der Waals surface area contributed by atoms with E-state index in [4.69, 9.17) is 0 Å². The summed E-state index contributed by atoms with van der Waals surface area (Å²) in [6, 6.07) is 27.7. The van der Waals surface area contributed by atoms with Crippen molar-refractivity contribution in [2.75, 3.05) is 0 Å². The highest BCUT2D eigenvalue weighted by molar-refractivity contribution is 5.84. The van der Waals surface area contributed by atoms with Gasteiger partial charge in [0.1, 0.15) is 5.82 Å². The fourth-order valence-corrected chi connectivity index (χ4v) is 2.48. The zero-order chi connectivity index (χ0) is 14.1. The quantitative estimate of drug-likeness (QED) is 0.561. The third-order valence-electron chi connectivity index (χ3n) is 3.55. The van der Waals surface area contributed by atoms with E-state index in [9.17, 15) is 0 Å². The van der Waals surface area contributed by atoms with Crippen molar-refractivity contribution in [3.63, 3.8) is 0 Å². The summed E-state index contributed by atoms with van der Waals surface area (Å²) in [6.07, 6.45) is 0. The first-order valence-corrected chi connectivity index (χ1v) is 6.92. The van der Waals surface area contributed by atoms with E-state index in [1.54, 1.807) is 0 Å². The Kier molecular flexibility index (Phi) is 2.79. The monoisotopic (exact) mass is 269 g/mol. The van der Waals surface area contributed by atoms with Gasteiger partial charge >= 0.3 is 0 Å². The SMILES string of the molecule is [c]1ccccc1-c1ccc2nc(-c3ccccc3)[nH]c2c1.